The van der Waals surface area contributed by atoms with Gasteiger partial charge in [0.2, 0.25) is 0 Å². The average Bonchev–Trinajstić information content (AvgIpc) is 2.21. The van der Waals surface area contributed by atoms with Crippen LogP contribution in [0.3, 0.4) is 0 Å². The van der Waals surface area contributed by atoms with E-state index in [9.17, 15) is 14.3 Å². The molecule has 1 rings (SSSR count). The first-order chi connectivity index (χ1) is 7.10. The van der Waals surface area contributed by atoms with Gasteiger partial charge in [0, 0.05) is 6.07 Å². The number of rotatable bonds is 2. The zero-order valence-corrected chi connectivity index (χ0v) is 9.86. The maximum Gasteiger partial charge on any atom is 0.357 e. The lowest BCUT2D eigenvalue weighted by Crippen LogP contribution is -2.16. The highest BCUT2D eigenvalue weighted by Crippen LogP contribution is 2.20. The number of carbonyl (C=O) groups excluding carboxylic acids is 1. The fourth-order valence-electron chi connectivity index (χ4n) is 0.992. The van der Waals surface area contributed by atoms with Crippen molar-refractivity contribution < 1.29 is 19.0 Å². The first-order valence-electron chi connectivity index (χ1n) is 3.86. The molecule has 0 bridgehead atoms. The number of halogens is 2. The molecule has 0 radical (unpaired) electrons. The highest BCUT2D eigenvalue weighted by Gasteiger charge is 2.18. The van der Waals surface area contributed by atoms with E-state index in [2.05, 4.69) is 7.94 Å². The van der Waals surface area contributed by atoms with Crippen molar-refractivity contribution >= 4 is 34.5 Å². The van der Waals surface area contributed by atoms with Gasteiger partial charge in [-0.1, -0.05) is 0 Å². The first-order valence-corrected chi connectivity index (χ1v) is 4.82. The Balaban J connectivity index is 3.20. The van der Waals surface area contributed by atoms with Crippen LogP contribution in [0.1, 0.15) is 5.56 Å². The molecule has 0 saturated carbocycles. The summed E-state index contributed by atoms with van der Waals surface area (Å²) in [6.07, 6.45) is 0. The third-order valence-corrected chi connectivity index (χ3v) is 2.16. The van der Waals surface area contributed by atoms with Crippen molar-refractivity contribution in [3.8, 4) is 5.75 Å². The van der Waals surface area contributed by atoms with E-state index in [1.54, 1.807) is 22.9 Å². The molecule has 0 fully saturated rings. The Morgan fingerprint density at radius 3 is 2.73 bits per heavy atom. The Bertz CT molecular complexity index is 420. The molecule has 1 aromatic rings. The van der Waals surface area contributed by atoms with Gasteiger partial charge in [-0.2, -0.15) is 0 Å². The molecule has 15 heavy (non-hydrogen) atoms. The molecule has 0 amide bonds. The number of hydrogen-bond acceptors (Lipinski definition) is 4. The summed E-state index contributed by atoms with van der Waals surface area (Å²) in [5.74, 6) is -1.63. The molecule has 0 unspecified atom stereocenters. The largest absolute Gasteiger partial charge is 0.507 e. The number of aromatic hydroxyl groups is 1. The van der Waals surface area contributed by atoms with Crippen LogP contribution in [0.15, 0.2) is 21.4 Å². The van der Waals surface area contributed by atoms with Gasteiger partial charge >= 0.3 is 5.97 Å². The summed E-state index contributed by atoms with van der Waals surface area (Å²) in [7, 11) is 1.20. The molecule has 0 aliphatic heterocycles. The fourth-order valence-corrected chi connectivity index (χ4v) is 1.45. The first kappa shape index (κ1) is 11.9. The van der Waals surface area contributed by atoms with Crippen molar-refractivity contribution in [2.24, 2.45) is 3.21 Å². The summed E-state index contributed by atoms with van der Waals surface area (Å²) in [6.45, 7) is 0. The van der Waals surface area contributed by atoms with Gasteiger partial charge in [-0.05, 0) is 12.1 Å². The Kier molecular flexibility index (Phi) is 4.01. The Morgan fingerprint density at radius 2 is 2.27 bits per heavy atom. The van der Waals surface area contributed by atoms with Crippen LogP contribution in [0.4, 0.5) is 4.39 Å². The molecule has 80 valence electrons. The summed E-state index contributed by atoms with van der Waals surface area (Å²) in [5, 5.41) is 9.41. The highest BCUT2D eigenvalue weighted by molar-refractivity contribution is 14.1. The lowest BCUT2D eigenvalue weighted by molar-refractivity contribution is -0.132. The average molecular weight is 323 g/mol. The van der Waals surface area contributed by atoms with Gasteiger partial charge in [-0.25, -0.2) is 12.4 Å². The van der Waals surface area contributed by atoms with Crippen molar-refractivity contribution in [2.45, 2.75) is 0 Å². The number of ether oxygens (including phenoxy) is 1. The normalized spacial score (nSPS) is 11.3. The van der Waals surface area contributed by atoms with Crippen molar-refractivity contribution in [1.82, 2.24) is 0 Å². The van der Waals surface area contributed by atoms with Crippen molar-refractivity contribution in [2.75, 3.05) is 7.11 Å². The second kappa shape index (κ2) is 5.06. The Morgan fingerprint density at radius 1 is 1.60 bits per heavy atom. The summed E-state index contributed by atoms with van der Waals surface area (Å²) in [6, 6.07) is 3.29. The molecule has 0 atom stereocenters. The highest BCUT2D eigenvalue weighted by atomic mass is 127. The molecule has 0 aliphatic rings. The van der Waals surface area contributed by atoms with Crippen LogP contribution < -0.4 is 0 Å². The molecular weight excluding hydrogens is 316 g/mol. The molecule has 0 aromatic heterocycles. The molecule has 1 aromatic carbocycles. The Labute approximate surface area is 99.3 Å². The molecule has 0 spiro atoms. The number of methoxy groups -OCH3 is 1. The lowest BCUT2D eigenvalue weighted by Gasteiger charge is -2.05. The number of hydrogen-bond donors (Lipinski definition) is 1. The molecule has 0 saturated heterocycles. The number of phenolic OH excluding ortho intramolecular Hbond substituents is 1. The zero-order chi connectivity index (χ0) is 11.4. The third kappa shape index (κ3) is 2.65. The van der Waals surface area contributed by atoms with E-state index in [0.717, 1.165) is 12.1 Å². The summed E-state index contributed by atoms with van der Waals surface area (Å²) < 4.78 is 20.8. The quantitative estimate of drug-likeness (QED) is 0.513. The SMILES string of the molecule is COC(=O)/C(=N/I)c1ccc(F)cc1O. The van der Waals surface area contributed by atoms with Crippen molar-refractivity contribution in [3.63, 3.8) is 0 Å². The van der Waals surface area contributed by atoms with E-state index >= 15 is 0 Å². The number of esters is 1. The van der Waals surface area contributed by atoms with Crippen LogP contribution in [0.25, 0.3) is 0 Å². The van der Waals surface area contributed by atoms with E-state index in [4.69, 9.17) is 0 Å². The molecule has 6 heteroatoms. The van der Waals surface area contributed by atoms with E-state index in [1.807, 2.05) is 0 Å². The summed E-state index contributed by atoms with van der Waals surface area (Å²) in [5.41, 5.74) is 0.0771. The van der Waals surface area contributed by atoms with Crippen LogP contribution in [0, 0.1) is 5.82 Å². The van der Waals surface area contributed by atoms with Gasteiger partial charge in [0.25, 0.3) is 0 Å². The maximum atomic E-state index is 12.7. The zero-order valence-electron chi connectivity index (χ0n) is 7.70. The molecule has 0 heterocycles. The van der Waals surface area contributed by atoms with E-state index in [1.165, 1.54) is 13.2 Å². The van der Waals surface area contributed by atoms with Crippen LogP contribution in [-0.2, 0) is 9.53 Å². The number of phenols is 1. The maximum absolute atomic E-state index is 12.7. The van der Waals surface area contributed by atoms with Gasteiger partial charge in [0.15, 0.2) is 5.71 Å². The van der Waals surface area contributed by atoms with Gasteiger partial charge in [-0.15, -0.1) is 0 Å². The van der Waals surface area contributed by atoms with E-state index in [-0.39, 0.29) is 17.0 Å². The molecule has 0 aliphatic carbocycles. The summed E-state index contributed by atoms with van der Waals surface area (Å²) >= 11 is 1.60. The third-order valence-electron chi connectivity index (χ3n) is 1.68. The second-order valence-electron chi connectivity index (χ2n) is 2.59. The smallest absolute Gasteiger partial charge is 0.357 e. The minimum absolute atomic E-state index is 0.0596. The summed E-state index contributed by atoms with van der Waals surface area (Å²) in [4.78, 5) is 11.2. The van der Waals surface area contributed by atoms with Crippen LogP contribution in [0.2, 0.25) is 0 Å². The Hall–Kier alpha value is -1.18. The van der Waals surface area contributed by atoms with Crippen LogP contribution in [0.5, 0.6) is 5.75 Å². The predicted molar refractivity (Wildman–Crippen MR) is 60.6 cm³/mol. The van der Waals surface area contributed by atoms with Gasteiger partial charge in [0.05, 0.1) is 35.5 Å². The van der Waals surface area contributed by atoms with Gasteiger partial charge < -0.3 is 9.84 Å². The van der Waals surface area contributed by atoms with E-state index in [0.29, 0.717) is 0 Å². The van der Waals surface area contributed by atoms with Gasteiger partial charge in [0.1, 0.15) is 11.6 Å². The van der Waals surface area contributed by atoms with Crippen LogP contribution in [-0.4, -0.2) is 23.9 Å². The minimum atomic E-state index is -0.689. The monoisotopic (exact) mass is 323 g/mol. The van der Waals surface area contributed by atoms with Gasteiger partial charge in [-0.3, -0.25) is 0 Å². The lowest BCUT2D eigenvalue weighted by atomic mass is 10.1. The second-order valence-corrected chi connectivity index (χ2v) is 3.07. The fraction of sp³-hybridized carbons (Fsp3) is 0.111. The predicted octanol–water partition coefficient (Wildman–Crippen LogP) is 1.84. The van der Waals surface area contributed by atoms with Crippen LogP contribution >= 0.6 is 22.9 Å². The van der Waals surface area contributed by atoms with Crippen molar-refractivity contribution in [3.05, 3.63) is 29.6 Å². The standard InChI is InChI=1S/C9H7FINO3/c1-15-9(14)8(12-11)6-3-2-5(10)4-7(6)13/h2-4,13H,1H3/b12-8+. The van der Waals surface area contributed by atoms with Crippen molar-refractivity contribution in [1.29, 1.82) is 0 Å². The van der Waals surface area contributed by atoms with E-state index < -0.39 is 11.8 Å². The number of nitrogens with zero attached hydrogens (tertiary/aromatic N) is 1. The topological polar surface area (TPSA) is 58.9 Å². The minimum Gasteiger partial charge on any atom is -0.507 e. The number of carbonyl (C=O) groups is 1. The molecule has 1 N–H and O–H groups in total. The molecular formula is C9H7FINO3. The number of benzene rings is 1. The molecule has 4 nitrogen and oxygen atoms in total.